The van der Waals surface area contributed by atoms with Crippen molar-refractivity contribution in [3.63, 3.8) is 0 Å². The van der Waals surface area contributed by atoms with Gasteiger partial charge in [0.2, 0.25) is 0 Å². The molecule has 0 aromatic heterocycles. The van der Waals surface area contributed by atoms with Gasteiger partial charge in [-0.1, -0.05) is 23.2 Å². The highest BCUT2D eigenvalue weighted by Gasteiger charge is 2.38. The van der Waals surface area contributed by atoms with Gasteiger partial charge in [0.25, 0.3) is 5.91 Å². The molecule has 0 aliphatic carbocycles. The fraction of sp³-hybridized carbons (Fsp3) is 0.400. The summed E-state index contributed by atoms with van der Waals surface area (Å²) in [7, 11) is 0. The molecule has 0 bridgehead atoms. The summed E-state index contributed by atoms with van der Waals surface area (Å²) >= 11 is 11.9. The van der Waals surface area contributed by atoms with Crippen molar-refractivity contribution in [2.75, 3.05) is 31.1 Å². The van der Waals surface area contributed by atoms with E-state index >= 15 is 0 Å². The lowest BCUT2D eigenvalue weighted by molar-refractivity contribution is -0.192. The van der Waals surface area contributed by atoms with Crippen molar-refractivity contribution in [3.05, 3.63) is 63.6 Å². The first-order valence-electron chi connectivity index (χ1n) is 11.8. The molecule has 2 saturated heterocycles. The Kier molecular flexibility index (Phi) is 10.1. The molecule has 1 amide bonds. The molecule has 2 fully saturated rings. The van der Waals surface area contributed by atoms with Gasteiger partial charge in [-0.25, -0.2) is 9.59 Å². The minimum atomic E-state index is -5.08. The number of nitrogens with zero attached hydrogens (tertiary/aromatic N) is 2. The van der Waals surface area contributed by atoms with E-state index in [0.717, 1.165) is 12.8 Å². The zero-order valence-corrected chi connectivity index (χ0v) is 21.9. The number of benzene rings is 2. The number of likely N-dealkylation sites (tertiary alicyclic amines) is 1. The summed E-state index contributed by atoms with van der Waals surface area (Å²) in [4.78, 5) is 36.9. The predicted molar refractivity (Wildman–Crippen MR) is 138 cm³/mol. The number of aliphatic carboxylic acids is 1. The maximum atomic E-state index is 12.7. The van der Waals surface area contributed by atoms with Gasteiger partial charge >= 0.3 is 18.1 Å². The second-order valence-corrected chi connectivity index (χ2v) is 9.96. The number of carbonyl (C=O) groups is 3. The molecule has 2 aliphatic rings. The van der Waals surface area contributed by atoms with Crippen molar-refractivity contribution in [1.29, 1.82) is 0 Å². The van der Waals surface area contributed by atoms with Gasteiger partial charge < -0.3 is 30.4 Å². The molecule has 4 rings (SSSR count). The molecule has 1 unspecified atom stereocenters. The number of amides is 1. The molecule has 9 nitrogen and oxygen atoms in total. The lowest BCUT2D eigenvalue weighted by atomic mass is 10.0. The van der Waals surface area contributed by atoms with E-state index in [1.165, 1.54) is 6.07 Å². The average molecular weight is 592 g/mol. The standard InChI is InChI=1S/C23H25Cl2N3O4.C2HF3O2/c24-15-3-1-14(2-4-15)22(30)27-9-7-17(8-10-27)26-19-12-28(13-21(19)29)20-6-5-16(25)11-18(20)23(31)32;3-2(4,5)1(6)7/h1-6,11,17,19,21,26,29H,7-10,12-13H2,(H,31,32);(H,6,7)/t19?,21-;/m1./s1. The van der Waals surface area contributed by atoms with Gasteiger partial charge in [0, 0.05) is 47.8 Å². The number of carboxylic acids is 2. The summed E-state index contributed by atoms with van der Waals surface area (Å²) in [5, 5.41) is 31.7. The first-order valence-corrected chi connectivity index (χ1v) is 12.6. The number of carbonyl (C=O) groups excluding carboxylic acids is 1. The van der Waals surface area contributed by atoms with E-state index in [4.69, 9.17) is 33.1 Å². The van der Waals surface area contributed by atoms with Crippen LogP contribution in [0.3, 0.4) is 0 Å². The first-order chi connectivity index (χ1) is 18.3. The molecule has 0 spiro atoms. The third kappa shape index (κ3) is 8.21. The van der Waals surface area contributed by atoms with Gasteiger partial charge in [-0.3, -0.25) is 4.79 Å². The summed E-state index contributed by atoms with van der Waals surface area (Å²) in [5.41, 5.74) is 1.30. The van der Waals surface area contributed by atoms with E-state index < -0.39 is 24.2 Å². The fourth-order valence-electron chi connectivity index (χ4n) is 4.43. The van der Waals surface area contributed by atoms with Crippen LogP contribution in [0.15, 0.2) is 42.5 Å². The van der Waals surface area contributed by atoms with E-state index in [-0.39, 0.29) is 23.6 Å². The van der Waals surface area contributed by atoms with Crippen LogP contribution in [0.25, 0.3) is 0 Å². The number of hydrogen-bond acceptors (Lipinski definition) is 6. The number of hydrogen-bond donors (Lipinski definition) is 4. The second-order valence-electron chi connectivity index (χ2n) is 9.09. The molecule has 2 atom stereocenters. The monoisotopic (exact) mass is 591 g/mol. The predicted octanol–water partition coefficient (Wildman–Crippen LogP) is 3.77. The zero-order chi connectivity index (χ0) is 28.9. The second kappa shape index (κ2) is 12.9. The summed E-state index contributed by atoms with van der Waals surface area (Å²) in [6.45, 7) is 2.10. The molecular weight excluding hydrogens is 566 g/mol. The maximum Gasteiger partial charge on any atom is 0.490 e. The lowest BCUT2D eigenvalue weighted by Gasteiger charge is -2.34. The van der Waals surface area contributed by atoms with Gasteiger partial charge in [0.1, 0.15) is 0 Å². The number of aliphatic hydroxyl groups excluding tert-OH is 1. The van der Waals surface area contributed by atoms with Crippen LogP contribution in [0.5, 0.6) is 0 Å². The van der Waals surface area contributed by atoms with E-state index in [1.54, 1.807) is 36.4 Å². The highest BCUT2D eigenvalue weighted by atomic mass is 35.5. The number of halogens is 5. The van der Waals surface area contributed by atoms with E-state index in [0.29, 0.717) is 47.5 Å². The highest BCUT2D eigenvalue weighted by Crippen LogP contribution is 2.28. The Morgan fingerprint density at radius 2 is 1.49 bits per heavy atom. The maximum absolute atomic E-state index is 12.7. The largest absolute Gasteiger partial charge is 0.490 e. The van der Waals surface area contributed by atoms with Crippen molar-refractivity contribution < 1.29 is 42.9 Å². The molecule has 2 aromatic carbocycles. The van der Waals surface area contributed by atoms with Crippen LogP contribution in [0.4, 0.5) is 18.9 Å². The minimum Gasteiger partial charge on any atom is -0.478 e. The Balaban J connectivity index is 0.000000532. The normalized spacial score (nSPS) is 19.8. The molecule has 14 heteroatoms. The van der Waals surface area contributed by atoms with Gasteiger partial charge in [0.05, 0.1) is 23.4 Å². The van der Waals surface area contributed by atoms with E-state index in [9.17, 15) is 33.0 Å². The van der Waals surface area contributed by atoms with Crippen molar-refractivity contribution in [2.45, 2.75) is 37.2 Å². The molecule has 0 radical (unpaired) electrons. The van der Waals surface area contributed by atoms with Crippen LogP contribution in [0, 0.1) is 0 Å². The fourth-order valence-corrected chi connectivity index (χ4v) is 4.73. The van der Waals surface area contributed by atoms with Crippen molar-refractivity contribution in [1.82, 2.24) is 10.2 Å². The number of carboxylic acid groups (broad SMARTS) is 2. The van der Waals surface area contributed by atoms with Crippen LogP contribution in [-0.4, -0.2) is 88.6 Å². The van der Waals surface area contributed by atoms with Gasteiger partial charge in [-0.15, -0.1) is 0 Å². The third-order valence-corrected chi connectivity index (χ3v) is 6.87. The van der Waals surface area contributed by atoms with Gasteiger partial charge in [-0.2, -0.15) is 13.2 Å². The van der Waals surface area contributed by atoms with Crippen molar-refractivity contribution in [2.24, 2.45) is 0 Å². The van der Waals surface area contributed by atoms with Crippen molar-refractivity contribution >= 4 is 46.7 Å². The molecule has 0 saturated carbocycles. The van der Waals surface area contributed by atoms with Crippen molar-refractivity contribution in [3.8, 4) is 0 Å². The molecule has 4 N–H and O–H groups in total. The molecule has 2 heterocycles. The van der Waals surface area contributed by atoms with Crippen LogP contribution in [-0.2, 0) is 4.79 Å². The van der Waals surface area contributed by atoms with E-state index in [1.807, 2.05) is 9.80 Å². The first kappa shape index (κ1) is 30.5. The van der Waals surface area contributed by atoms with Crippen LogP contribution >= 0.6 is 23.2 Å². The van der Waals surface area contributed by atoms with Gasteiger partial charge in [-0.05, 0) is 55.3 Å². The number of anilines is 1. The number of piperidine rings is 1. The number of rotatable bonds is 5. The number of nitrogens with one attached hydrogen (secondary N) is 1. The minimum absolute atomic E-state index is 0.00358. The number of aliphatic hydroxyl groups is 1. The topological polar surface area (TPSA) is 130 Å². The highest BCUT2D eigenvalue weighted by molar-refractivity contribution is 6.31. The molecule has 2 aliphatic heterocycles. The number of alkyl halides is 3. The third-order valence-electron chi connectivity index (χ3n) is 6.38. The average Bonchev–Trinajstić information content (AvgIpc) is 3.24. The van der Waals surface area contributed by atoms with E-state index in [2.05, 4.69) is 5.32 Å². The van der Waals surface area contributed by atoms with Crippen LogP contribution in [0.2, 0.25) is 10.0 Å². The Bertz CT molecular complexity index is 1190. The SMILES string of the molecule is O=C(O)C(F)(F)F.O=C(O)c1cc(Cl)ccc1N1CC(NC2CCN(C(=O)c3ccc(Cl)cc3)CC2)[C@H](O)C1. The van der Waals surface area contributed by atoms with Gasteiger partial charge in [0.15, 0.2) is 0 Å². The summed E-state index contributed by atoms with van der Waals surface area (Å²) in [6, 6.07) is 11.7. The smallest absolute Gasteiger partial charge is 0.478 e. The lowest BCUT2D eigenvalue weighted by Crippen LogP contribution is -2.50. The Morgan fingerprint density at radius 1 is 0.923 bits per heavy atom. The Hall–Kier alpha value is -3.06. The summed E-state index contributed by atoms with van der Waals surface area (Å²) in [6.07, 6.45) is -4.14. The number of aromatic carboxylic acids is 1. The van der Waals surface area contributed by atoms with Crippen LogP contribution < -0.4 is 10.2 Å². The quantitative estimate of drug-likeness (QED) is 0.413. The van der Waals surface area contributed by atoms with Crippen LogP contribution in [0.1, 0.15) is 33.6 Å². The summed E-state index contributed by atoms with van der Waals surface area (Å²) < 4.78 is 31.7. The molecule has 2 aromatic rings. The zero-order valence-electron chi connectivity index (χ0n) is 20.4. The molecule has 39 heavy (non-hydrogen) atoms. The Labute approximate surface area is 231 Å². The summed E-state index contributed by atoms with van der Waals surface area (Å²) in [5.74, 6) is -3.81. The Morgan fingerprint density at radius 3 is 2.03 bits per heavy atom. The molecular formula is C25H26Cl2F3N3O6. The number of β-amino-alcohol motifs (C(OH)–C–C–N with tert-alkyl or cyclic N) is 1. The molecule has 212 valence electrons.